The number of rotatable bonds is 4. The summed E-state index contributed by atoms with van der Waals surface area (Å²) in [5, 5.41) is 9.10. The Balaban J connectivity index is 1.35. The van der Waals surface area contributed by atoms with Crippen molar-refractivity contribution in [3.8, 4) is 34.2 Å². The van der Waals surface area contributed by atoms with Crippen molar-refractivity contribution in [2.24, 2.45) is 0 Å². The Morgan fingerprint density at radius 2 is 1.55 bits per heavy atom. The monoisotopic (exact) mass is 538 g/mol. The van der Waals surface area contributed by atoms with Gasteiger partial charge in [-0.2, -0.15) is 5.26 Å². The van der Waals surface area contributed by atoms with E-state index in [1.54, 1.807) is 40.4 Å². The molecule has 2 aromatic carbocycles. The van der Waals surface area contributed by atoms with Crippen LogP contribution >= 0.6 is 0 Å². The normalized spacial score (nSPS) is 13.7. The zero-order valence-corrected chi connectivity index (χ0v) is 22.9. The third kappa shape index (κ3) is 5.45. The lowest BCUT2D eigenvalue weighted by Crippen LogP contribution is -2.51. The molecule has 1 saturated heterocycles. The number of carbonyl (C=O) groups excluding carboxylic acids is 2. The van der Waals surface area contributed by atoms with Gasteiger partial charge in [0.25, 0.3) is 5.91 Å². The maximum atomic E-state index is 13.4. The third-order valence-electron chi connectivity index (χ3n) is 6.66. The molecule has 2 amide bonds. The second-order valence-corrected chi connectivity index (χ2v) is 10.5. The summed E-state index contributed by atoms with van der Waals surface area (Å²) in [4.78, 5) is 38.0. The molecule has 1 aliphatic heterocycles. The number of nitriles is 1. The van der Waals surface area contributed by atoms with Gasteiger partial charge in [0.2, 0.25) is 5.78 Å². The molecule has 40 heavy (non-hydrogen) atoms. The molecule has 0 saturated carbocycles. The van der Waals surface area contributed by atoms with Crippen molar-refractivity contribution in [1.29, 1.82) is 5.26 Å². The van der Waals surface area contributed by atoms with E-state index in [1.807, 2.05) is 55.6 Å². The SMILES string of the molecule is COc1cc(-c2cnc3ncc(-c4ccc(C#N)cc4)n3c2)ccc1C(=O)N1CCN(C(=O)OC(C)(C)C)CC1. The van der Waals surface area contributed by atoms with Crippen molar-refractivity contribution in [2.75, 3.05) is 33.3 Å². The molecular formula is C30H30N6O4. The molecule has 4 aromatic rings. The van der Waals surface area contributed by atoms with Crippen LogP contribution in [0.15, 0.2) is 61.1 Å². The summed E-state index contributed by atoms with van der Waals surface area (Å²) in [6.45, 7) is 7.11. The number of hydrogen-bond donors (Lipinski definition) is 0. The highest BCUT2D eigenvalue weighted by molar-refractivity contribution is 5.98. The van der Waals surface area contributed by atoms with Gasteiger partial charge < -0.3 is 19.3 Å². The fourth-order valence-corrected chi connectivity index (χ4v) is 4.59. The average molecular weight is 539 g/mol. The predicted molar refractivity (Wildman–Crippen MR) is 149 cm³/mol. The third-order valence-corrected chi connectivity index (χ3v) is 6.66. The smallest absolute Gasteiger partial charge is 0.410 e. The molecule has 2 aromatic heterocycles. The lowest BCUT2D eigenvalue weighted by atomic mass is 10.0. The van der Waals surface area contributed by atoms with Gasteiger partial charge in [0.1, 0.15) is 11.4 Å². The van der Waals surface area contributed by atoms with Crippen LogP contribution in [0.3, 0.4) is 0 Å². The summed E-state index contributed by atoms with van der Waals surface area (Å²) in [6.07, 6.45) is 5.05. The second-order valence-electron chi connectivity index (χ2n) is 10.5. The van der Waals surface area contributed by atoms with E-state index in [0.29, 0.717) is 48.8 Å². The van der Waals surface area contributed by atoms with Crippen LogP contribution in [0.25, 0.3) is 28.2 Å². The number of hydrogen-bond acceptors (Lipinski definition) is 7. The first-order valence-electron chi connectivity index (χ1n) is 13.0. The van der Waals surface area contributed by atoms with E-state index in [2.05, 4.69) is 16.0 Å². The van der Waals surface area contributed by atoms with Crippen LogP contribution in [-0.4, -0.2) is 75.1 Å². The van der Waals surface area contributed by atoms with Crippen molar-refractivity contribution in [3.63, 3.8) is 0 Å². The predicted octanol–water partition coefficient (Wildman–Crippen LogP) is 4.64. The van der Waals surface area contributed by atoms with Crippen LogP contribution in [-0.2, 0) is 4.74 Å². The molecule has 1 aliphatic rings. The zero-order valence-electron chi connectivity index (χ0n) is 22.9. The fraction of sp³-hybridized carbons (Fsp3) is 0.300. The summed E-state index contributed by atoms with van der Waals surface area (Å²) >= 11 is 0. The maximum absolute atomic E-state index is 13.4. The standard InChI is InChI=1S/C30H30N6O4/c1-30(2,3)40-29(38)35-13-11-34(12-14-35)27(37)24-10-9-22(15-26(24)39-4)23-17-32-28-33-18-25(36(28)19-23)21-7-5-20(16-31)6-8-21/h5-10,15,17-19H,11-14H2,1-4H3. The van der Waals surface area contributed by atoms with Crippen molar-refractivity contribution >= 4 is 17.8 Å². The van der Waals surface area contributed by atoms with E-state index in [1.165, 1.54) is 7.11 Å². The molecule has 3 heterocycles. The highest BCUT2D eigenvalue weighted by Crippen LogP contribution is 2.30. The summed E-state index contributed by atoms with van der Waals surface area (Å²) in [5.74, 6) is 0.848. The van der Waals surface area contributed by atoms with E-state index in [-0.39, 0.29) is 12.0 Å². The van der Waals surface area contributed by atoms with Crippen molar-refractivity contribution in [1.82, 2.24) is 24.2 Å². The second kappa shape index (κ2) is 10.7. The number of carbonyl (C=O) groups is 2. The highest BCUT2D eigenvalue weighted by atomic mass is 16.6. The van der Waals surface area contributed by atoms with Crippen molar-refractivity contribution < 1.29 is 19.1 Å². The van der Waals surface area contributed by atoms with Gasteiger partial charge in [-0.1, -0.05) is 18.2 Å². The molecule has 1 fully saturated rings. The van der Waals surface area contributed by atoms with Crippen molar-refractivity contribution in [2.45, 2.75) is 26.4 Å². The van der Waals surface area contributed by atoms with E-state index in [4.69, 9.17) is 14.7 Å². The molecule has 0 atom stereocenters. The number of imidazole rings is 1. The van der Waals surface area contributed by atoms with Gasteiger partial charge in [0.15, 0.2) is 0 Å². The highest BCUT2D eigenvalue weighted by Gasteiger charge is 2.29. The molecule has 0 bridgehead atoms. The molecule has 0 unspecified atom stereocenters. The molecule has 0 aliphatic carbocycles. The Kier molecular flexibility index (Phi) is 7.13. The van der Waals surface area contributed by atoms with Gasteiger partial charge in [-0.05, 0) is 50.6 Å². The number of benzene rings is 2. The van der Waals surface area contributed by atoms with Gasteiger partial charge in [0.05, 0.1) is 36.2 Å². The largest absolute Gasteiger partial charge is 0.496 e. The van der Waals surface area contributed by atoms with Gasteiger partial charge in [-0.25, -0.2) is 14.8 Å². The van der Waals surface area contributed by atoms with Crippen LogP contribution < -0.4 is 4.74 Å². The van der Waals surface area contributed by atoms with E-state index >= 15 is 0 Å². The molecule has 0 N–H and O–H groups in total. The van der Waals surface area contributed by atoms with Crippen LogP contribution in [0.5, 0.6) is 5.75 Å². The summed E-state index contributed by atoms with van der Waals surface area (Å²) in [5.41, 5.74) is 3.88. The molecule has 10 heteroatoms. The molecular weight excluding hydrogens is 508 g/mol. The Morgan fingerprint density at radius 3 is 2.20 bits per heavy atom. The van der Waals surface area contributed by atoms with E-state index in [9.17, 15) is 9.59 Å². The first kappa shape index (κ1) is 26.7. The lowest BCUT2D eigenvalue weighted by molar-refractivity contribution is 0.0140. The molecule has 0 spiro atoms. The minimum atomic E-state index is -0.567. The number of aromatic nitrogens is 3. The number of nitrogens with zero attached hydrogens (tertiary/aromatic N) is 6. The van der Waals surface area contributed by atoms with Gasteiger partial charge >= 0.3 is 6.09 Å². The summed E-state index contributed by atoms with van der Waals surface area (Å²) in [7, 11) is 1.54. The topological polar surface area (TPSA) is 113 Å². The van der Waals surface area contributed by atoms with Crippen LogP contribution in [0.2, 0.25) is 0 Å². The van der Waals surface area contributed by atoms with Crippen LogP contribution in [0, 0.1) is 11.3 Å². The molecule has 204 valence electrons. The number of methoxy groups -OCH3 is 1. The van der Waals surface area contributed by atoms with Gasteiger partial charge in [-0.15, -0.1) is 0 Å². The first-order chi connectivity index (χ1) is 19.2. The Bertz CT molecular complexity index is 1610. The van der Waals surface area contributed by atoms with Crippen LogP contribution in [0.4, 0.5) is 4.79 Å². The number of fused-ring (bicyclic) bond motifs is 1. The number of amides is 2. The number of ether oxygens (including phenoxy) is 2. The molecule has 0 radical (unpaired) electrons. The molecule has 10 nitrogen and oxygen atoms in total. The number of piperazine rings is 1. The van der Waals surface area contributed by atoms with E-state index in [0.717, 1.165) is 22.4 Å². The fourth-order valence-electron chi connectivity index (χ4n) is 4.59. The molecule has 5 rings (SSSR count). The summed E-state index contributed by atoms with van der Waals surface area (Å²) in [6, 6.07) is 14.9. The first-order valence-corrected chi connectivity index (χ1v) is 13.0. The Morgan fingerprint density at radius 1 is 0.900 bits per heavy atom. The zero-order chi connectivity index (χ0) is 28.4. The minimum Gasteiger partial charge on any atom is -0.496 e. The quantitative estimate of drug-likeness (QED) is 0.372. The maximum Gasteiger partial charge on any atom is 0.410 e. The minimum absolute atomic E-state index is 0.154. The van der Waals surface area contributed by atoms with Gasteiger partial charge in [0, 0.05) is 49.7 Å². The summed E-state index contributed by atoms with van der Waals surface area (Å²) < 4.78 is 13.0. The van der Waals surface area contributed by atoms with Crippen LogP contribution in [0.1, 0.15) is 36.7 Å². The Labute approximate surface area is 232 Å². The lowest BCUT2D eigenvalue weighted by Gasteiger charge is -2.35. The van der Waals surface area contributed by atoms with Gasteiger partial charge in [-0.3, -0.25) is 9.20 Å². The van der Waals surface area contributed by atoms with Crippen molar-refractivity contribution in [3.05, 3.63) is 72.2 Å². The average Bonchev–Trinajstić information content (AvgIpc) is 3.39. The Hall–Kier alpha value is -4.91. The van der Waals surface area contributed by atoms with E-state index < -0.39 is 5.60 Å².